The Kier molecular flexibility index (Phi) is 6.81. The molecule has 0 aliphatic rings. The minimum atomic E-state index is 0.597. The molecule has 0 saturated heterocycles. The van der Waals surface area contributed by atoms with Gasteiger partial charge >= 0.3 is 0 Å². The Bertz CT molecular complexity index is 677. The van der Waals surface area contributed by atoms with Crippen LogP contribution in [-0.2, 0) is 6.54 Å². The predicted octanol–water partition coefficient (Wildman–Crippen LogP) is 4.58. The highest BCUT2D eigenvalue weighted by Gasteiger charge is 2.15. The van der Waals surface area contributed by atoms with Crippen molar-refractivity contribution in [2.75, 3.05) is 13.1 Å². The molecule has 0 heterocycles. The van der Waals surface area contributed by atoms with Crippen LogP contribution in [0, 0.1) is 0 Å². The van der Waals surface area contributed by atoms with Gasteiger partial charge in [-0.05, 0) is 19.4 Å². The Morgan fingerprint density at radius 1 is 0.957 bits per heavy atom. The number of amidine groups is 1. The van der Waals surface area contributed by atoms with E-state index in [0.717, 1.165) is 30.1 Å². The van der Waals surface area contributed by atoms with Crippen molar-refractivity contribution >= 4 is 34.9 Å². The van der Waals surface area contributed by atoms with Gasteiger partial charge in [-0.1, -0.05) is 66.8 Å². The van der Waals surface area contributed by atoms with Gasteiger partial charge in [-0.25, -0.2) is 0 Å². The van der Waals surface area contributed by atoms with Crippen molar-refractivity contribution in [2.45, 2.75) is 20.4 Å². The fourth-order valence-corrected chi connectivity index (χ4v) is 2.87. The molecular formula is C19H22N2S2. The summed E-state index contributed by atoms with van der Waals surface area (Å²) in [7, 11) is 0. The highest BCUT2D eigenvalue weighted by atomic mass is 32.1. The summed E-state index contributed by atoms with van der Waals surface area (Å²) in [5.74, 6) is 0.978. The van der Waals surface area contributed by atoms with Gasteiger partial charge in [0.2, 0.25) is 0 Å². The monoisotopic (exact) mass is 342 g/mol. The lowest BCUT2D eigenvalue weighted by Crippen LogP contribution is -2.32. The van der Waals surface area contributed by atoms with Crippen molar-refractivity contribution in [1.29, 1.82) is 0 Å². The van der Waals surface area contributed by atoms with Crippen molar-refractivity contribution in [3.63, 3.8) is 0 Å². The minimum Gasteiger partial charge on any atom is -0.357 e. The van der Waals surface area contributed by atoms with Crippen LogP contribution in [0.4, 0.5) is 0 Å². The maximum atomic E-state index is 5.30. The molecule has 0 aliphatic heterocycles. The van der Waals surface area contributed by atoms with Crippen molar-refractivity contribution in [1.82, 2.24) is 4.90 Å². The number of rotatable bonds is 6. The van der Waals surface area contributed by atoms with Gasteiger partial charge in [0.1, 0.15) is 5.84 Å². The zero-order chi connectivity index (χ0) is 16.7. The topological polar surface area (TPSA) is 15.6 Å². The van der Waals surface area contributed by atoms with Gasteiger partial charge in [-0.3, -0.25) is 4.99 Å². The number of hydrogen-bond acceptors (Lipinski definition) is 2. The van der Waals surface area contributed by atoms with Crippen molar-refractivity contribution in [3.05, 3.63) is 71.3 Å². The number of benzene rings is 2. The molecule has 120 valence electrons. The average molecular weight is 343 g/mol. The van der Waals surface area contributed by atoms with E-state index in [2.05, 4.69) is 49.6 Å². The summed E-state index contributed by atoms with van der Waals surface area (Å²) in [5, 5.41) is 0. The first-order valence-electron chi connectivity index (χ1n) is 7.83. The van der Waals surface area contributed by atoms with E-state index in [1.165, 1.54) is 5.56 Å². The standard InChI is InChI=1S/C19H22N2S2/c1-3-21(4-2)18(20-14-15-10-6-5-7-11-15)16-12-8-9-13-17(16)19(22)23/h5-13H,3-4,14H2,1-2H3,(H,22,23). The maximum absolute atomic E-state index is 5.30. The lowest BCUT2D eigenvalue weighted by atomic mass is 10.1. The summed E-state index contributed by atoms with van der Waals surface area (Å²) in [4.78, 5) is 7.16. The second-order valence-corrected chi connectivity index (χ2v) is 6.31. The van der Waals surface area contributed by atoms with Gasteiger partial charge in [-0.2, -0.15) is 0 Å². The van der Waals surface area contributed by atoms with E-state index in [1.807, 2.05) is 36.4 Å². The van der Waals surface area contributed by atoms with Gasteiger partial charge in [0, 0.05) is 24.2 Å². The fraction of sp³-hybridized carbons (Fsp3) is 0.263. The number of nitrogens with zero attached hydrogens (tertiary/aromatic N) is 2. The zero-order valence-corrected chi connectivity index (χ0v) is 15.3. The molecule has 2 aromatic rings. The van der Waals surface area contributed by atoms with Crippen LogP contribution >= 0.6 is 24.8 Å². The second-order valence-electron chi connectivity index (χ2n) is 5.15. The average Bonchev–Trinajstić information content (AvgIpc) is 2.59. The largest absolute Gasteiger partial charge is 0.357 e. The molecule has 2 rings (SSSR count). The van der Waals surface area contributed by atoms with E-state index in [4.69, 9.17) is 17.2 Å². The molecule has 0 spiro atoms. The van der Waals surface area contributed by atoms with Crippen molar-refractivity contribution < 1.29 is 0 Å². The van der Waals surface area contributed by atoms with E-state index in [1.54, 1.807) is 0 Å². The summed E-state index contributed by atoms with van der Waals surface area (Å²) < 4.78 is 0.597. The zero-order valence-electron chi connectivity index (χ0n) is 13.6. The SMILES string of the molecule is CCN(CC)C(=NCc1ccccc1)c1ccccc1C(=S)S. The van der Waals surface area contributed by atoms with Crippen LogP contribution in [0.5, 0.6) is 0 Å². The van der Waals surface area contributed by atoms with Crippen LogP contribution in [-0.4, -0.2) is 28.0 Å². The Morgan fingerprint density at radius 2 is 1.52 bits per heavy atom. The summed E-state index contributed by atoms with van der Waals surface area (Å²) in [5.41, 5.74) is 3.21. The molecule has 0 saturated carbocycles. The van der Waals surface area contributed by atoms with Crippen LogP contribution in [0.25, 0.3) is 0 Å². The summed E-state index contributed by atoms with van der Waals surface area (Å²) in [6.07, 6.45) is 0. The minimum absolute atomic E-state index is 0.597. The van der Waals surface area contributed by atoms with Gasteiger partial charge in [-0.15, -0.1) is 12.6 Å². The van der Waals surface area contributed by atoms with E-state index < -0.39 is 0 Å². The number of hydrogen-bond donors (Lipinski definition) is 1. The molecule has 0 radical (unpaired) electrons. The fourth-order valence-electron chi connectivity index (χ4n) is 2.49. The molecule has 0 aliphatic carbocycles. The first-order valence-corrected chi connectivity index (χ1v) is 8.68. The van der Waals surface area contributed by atoms with Crippen molar-refractivity contribution in [3.8, 4) is 0 Å². The third-order valence-electron chi connectivity index (χ3n) is 3.72. The first-order chi connectivity index (χ1) is 11.2. The summed E-state index contributed by atoms with van der Waals surface area (Å²) in [6.45, 7) is 6.74. The predicted molar refractivity (Wildman–Crippen MR) is 107 cm³/mol. The van der Waals surface area contributed by atoms with Gasteiger partial charge in [0.25, 0.3) is 0 Å². The van der Waals surface area contributed by atoms with Gasteiger partial charge < -0.3 is 4.90 Å². The van der Waals surface area contributed by atoms with Crippen LogP contribution in [0.1, 0.15) is 30.5 Å². The van der Waals surface area contributed by atoms with Crippen LogP contribution in [0.3, 0.4) is 0 Å². The molecule has 4 heteroatoms. The molecule has 0 atom stereocenters. The molecule has 0 bridgehead atoms. The molecule has 0 amide bonds. The lowest BCUT2D eigenvalue weighted by molar-refractivity contribution is 0.464. The Hall–Kier alpha value is -1.65. The van der Waals surface area contributed by atoms with E-state index in [0.29, 0.717) is 10.7 Å². The third kappa shape index (κ3) is 4.66. The van der Waals surface area contributed by atoms with E-state index in [-0.39, 0.29) is 0 Å². The van der Waals surface area contributed by atoms with Gasteiger partial charge in [0.05, 0.1) is 10.7 Å². The maximum Gasteiger partial charge on any atom is 0.131 e. The van der Waals surface area contributed by atoms with Crippen LogP contribution in [0.2, 0.25) is 0 Å². The molecule has 2 nitrogen and oxygen atoms in total. The van der Waals surface area contributed by atoms with Crippen LogP contribution < -0.4 is 0 Å². The quantitative estimate of drug-likeness (QED) is 0.358. The molecule has 0 unspecified atom stereocenters. The molecule has 2 aromatic carbocycles. The normalized spacial score (nSPS) is 11.3. The number of aliphatic imine (C=N–C) groups is 1. The smallest absolute Gasteiger partial charge is 0.131 e. The van der Waals surface area contributed by atoms with Crippen LogP contribution in [0.15, 0.2) is 59.6 Å². The first kappa shape index (κ1) is 17.7. The van der Waals surface area contributed by atoms with Crippen molar-refractivity contribution in [2.24, 2.45) is 4.99 Å². The summed E-state index contributed by atoms with van der Waals surface area (Å²) in [6, 6.07) is 18.4. The van der Waals surface area contributed by atoms with Gasteiger partial charge in [0.15, 0.2) is 0 Å². The Labute approximate surface area is 149 Å². The molecule has 0 fully saturated rings. The highest BCUT2D eigenvalue weighted by molar-refractivity contribution is 8.11. The number of thiocarbonyl (C=S) groups is 1. The summed E-state index contributed by atoms with van der Waals surface area (Å²) >= 11 is 9.67. The lowest BCUT2D eigenvalue weighted by Gasteiger charge is -2.25. The van der Waals surface area contributed by atoms with E-state index >= 15 is 0 Å². The molecule has 23 heavy (non-hydrogen) atoms. The molecular weight excluding hydrogens is 320 g/mol. The second kappa shape index (κ2) is 8.85. The Morgan fingerprint density at radius 3 is 2.09 bits per heavy atom. The number of thiol groups is 1. The molecule has 0 N–H and O–H groups in total. The third-order valence-corrected chi connectivity index (χ3v) is 4.18. The Balaban J connectivity index is 2.44. The highest BCUT2D eigenvalue weighted by Crippen LogP contribution is 2.17. The molecule has 0 aromatic heterocycles. The van der Waals surface area contributed by atoms with E-state index in [9.17, 15) is 0 Å².